The van der Waals surface area contributed by atoms with Crippen molar-refractivity contribution >= 4 is 17.5 Å². The molecule has 1 atom stereocenters. The molecule has 6 nitrogen and oxygen atoms in total. The number of hydrogen-bond acceptors (Lipinski definition) is 3. The molecule has 1 aromatic heterocycles. The molecule has 3 aromatic rings. The van der Waals surface area contributed by atoms with Crippen molar-refractivity contribution in [1.29, 1.82) is 0 Å². The van der Waals surface area contributed by atoms with Gasteiger partial charge in [-0.3, -0.25) is 9.59 Å². The van der Waals surface area contributed by atoms with E-state index in [0.29, 0.717) is 23.4 Å². The molecule has 3 rings (SSSR count). The predicted octanol–water partition coefficient (Wildman–Crippen LogP) is 2.95. The maximum absolute atomic E-state index is 12.3. The summed E-state index contributed by atoms with van der Waals surface area (Å²) in [6, 6.07) is 15.8. The first kappa shape index (κ1) is 17.4. The van der Waals surface area contributed by atoms with Crippen molar-refractivity contribution in [3.8, 4) is 0 Å². The standard InChI is InChI=1S/C20H20N4O2/c1-15(13-24-12-11-21-14-24)22-19(25)17-7-9-18(10-8-17)23-20(26)16-5-3-2-4-6-16/h2-12,14-15H,13H2,1H3,(H,22,25)(H,23,26). The lowest BCUT2D eigenvalue weighted by Crippen LogP contribution is -2.35. The van der Waals surface area contributed by atoms with Crippen molar-refractivity contribution < 1.29 is 9.59 Å². The molecule has 2 aromatic carbocycles. The Morgan fingerprint density at radius 3 is 2.35 bits per heavy atom. The van der Waals surface area contributed by atoms with Crippen LogP contribution in [0.1, 0.15) is 27.6 Å². The van der Waals surface area contributed by atoms with Crippen LogP contribution in [0.15, 0.2) is 73.3 Å². The minimum absolute atomic E-state index is 0.0332. The molecule has 132 valence electrons. The lowest BCUT2D eigenvalue weighted by molar-refractivity contribution is 0.0936. The Hall–Kier alpha value is -3.41. The van der Waals surface area contributed by atoms with Crippen LogP contribution in [0, 0.1) is 0 Å². The van der Waals surface area contributed by atoms with Gasteiger partial charge in [-0.25, -0.2) is 4.98 Å². The number of aromatic nitrogens is 2. The highest BCUT2D eigenvalue weighted by atomic mass is 16.2. The van der Waals surface area contributed by atoms with E-state index in [1.807, 2.05) is 35.9 Å². The van der Waals surface area contributed by atoms with Crippen LogP contribution in [0.25, 0.3) is 0 Å². The second-order valence-corrected chi connectivity index (χ2v) is 6.03. The molecule has 0 radical (unpaired) electrons. The minimum Gasteiger partial charge on any atom is -0.348 e. The van der Waals surface area contributed by atoms with E-state index in [2.05, 4.69) is 15.6 Å². The molecule has 1 unspecified atom stereocenters. The molecule has 6 heteroatoms. The SMILES string of the molecule is CC(Cn1ccnc1)NC(=O)c1ccc(NC(=O)c2ccccc2)cc1. The fraction of sp³-hybridized carbons (Fsp3) is 0.150. The number of rotatable bonds is 6. The number of nitrogens with one attached hydrogen (secondary N) is 2. The summed E-state index contributed by atoms with van der Waals surface area (Å²) in [5.74, 6) is -0.338. The summed E-state index contributed by atoms with van der Waals surface area (Å²) in [6.45, 7) is 2.59. The van der Waals surface area contributed by atoms with Gasteiger partial charge in [-0.15, -0.1) is 0 Å². The second-order valence-electron chi connectivity index (χ2n) is 6.03. The maximum Gasteiger partial charge on any atom is 0.255 e. The van der Waals surface area contributed by atoms with Crippen molar-refractivity contribution in [2.45, 2.75) is 19.5 Å². The van der Waals surface area contributed by atoms with Crippen LogP contribution in [-0.4, -0.2) is 27.4 Å². The summed E-state index contributed by atoms with van der Waals surface area (Å²) in [5.41, 5.74) is 1.77. The topological polar surface area (TPSA) is 76.0 Å². The monoisotopic (exact) mass is 348 g/mol. The first-order valence-corrected chi connectivity index (χ1v) is 8.35. The predicted molar refractivity (Wildman–Crippen MR) is 100.0 cm³/mol. The zero-order valence-corrected chi connectivity index (χ0v) is 14.4. The van der Waals surface area contributed by atoms with E-state index in [1.165, 1.54) is 0 Å². The van der Waals surface area contributed by atoms with E-state index in [4.69, 9.17) is 0 Å². The Morgan fingerprint density at radius 2 is 1.69 bits per heavy atom. The number of amides is 2. The summed E-state index contributed by atoms with van der Waals surface area (Å²) >= 11 is 0. The zero-order chi connectivity index (χ0) is 18.4. The van der Waals surface area contributed by atoms with E-state index >= 15 is 0 Å². The molecule has 0 aliphatic carbocycles. The fourth-order valence-corrected chi connectivity index (χ4v) is 2.56. The third-order valence-electron chi connectivity index (χ3n) is 3.86. The van der Waals surface area contributed by atoms with Gasteiger partial charge in [0.15, 0.2) is 0 Å². The quantitative estimate of drug-likeness (QED) is 0.719. The van der Waals surface area contributed by atoms with E-state index in [-0.39, 0.29) is 17.9 Å². The Kier molecular flexibility index (Phi) is 5.43. The van der Waals surface area contributed by atoms with E-state index < -0.39 is 0 Å². The smallest absolute Gasteiger partial charge is 0.255 e. The summed E-state index contributed by atoms with van der Waals surface area (Å²) in [7, 11) is 0. The van der Waals surface area contributed by atoms with Crippen LogP contribution >= 0.6 is 0 Å². The number of nitrogens with zero attached hydrogens (tertiary/aromatic N) is 2. The number of anilines is 1. The third kappa shape index (κ3) is 4.57. The van der Waals surface area contributed by atoms with Gasteiger partial charge < -0.3 is 15.2 Å². The van der Waals surface area contributed by atoms with Crippen LogP contribution in [0.3, 0.4) is 0 Å². The Balaban J connectivity index is 1.56. The molecule has 0 bridgehead atoms. The number of hydrogen-bond donors (Lipinski definition) is 2. The summed E-state index contributed by atoms with van der Waals surface area (Å²) in [6.07, 6.45) is 5.27. The van der Waals surface area contributed by atoms with Crippen LogP contribution in [0.2, 0.25) is 0 Å². The second kappa shape index (κ2) is 8.11. The van der Waals surface area contributed by atoms with Gasteiger partial charge in [0.05, 0.1) is 6.33 Å². The van der Waals surface area contributed by atoms with E-state index in [1.54, 1.807) is 48.9 Å². The number of carbonyl (C=O) groups is 2. The van der Waals surface area contributed by atoms with Crippen molar-refractivity contribution in [3.05, 3.63) is 84.4 Å². The largest absolute Gasteiger partial charge is 0.348 e. The maximum atomic E-state index is 12.3. The van der Waals surface area contributed by atoms with Gasteiger partial charge in [0.1, 0.15) is 0 Å². The van der Waals surface area contributed by atoms with Crippen molar-refractivity contribution in [2.24, 2.45) is 0 Å². The minimum atomic E-state index is -0.184. The third-order valence-corrected chi connectivity index (χ3v) is 3.86. The van der Waals surface area contributed by atoms with Gasteiger partial charge >= 0.3 is 0 Å². The molecule has 0 aliphatic rings. The summed E-state index contributed by atoms with van der Waals surface area (Å²) in [4.78, 5) is 28.4. The molecular formula is C20H20N4O2. The lowest BCUT2D eigenvalue weighted by atomic mass is 10.1. The highest BCUT2D eigenvalue weighted by Crippen LogP contribution is 2.12. The average Bonchev–Trinajstić information content (AvgIpc) is 3.15. The number of imidazole rings is 1. The lowest BCUT2D eigenvalue weighted by Gasteiger charge is -2.14. The Labute approximate surface area is 151 Å². The fourth-order valence-electron chi connectivity index (χ4n) is 2.56. The Bertz CT molecular complexity index is 859. The number of carbonyl (C=O) groups excluding carboxylic acids is 2. The zero-order valence-electron chi connectivity index (χ0n) is 14.4. The first-order valence-electron chi connectivity index (χ1n) is 8.35. The van der Waals surface area contributed by atoms with Crippen molar-refractivity contribution in [3.63, 3.8) is 0 Å². The molecule has 0 aliphatic heterocycles. The van der Waals surface area contributed by atoms with Crippen LogP contribution in [0.4, 0.5) is 5.69 Å². The normalized spacial score (nSPS) is 11.6. The van der Waals surface area contributed by atoms with Gasteiger partial charge in [-0.2, -0.15) is 0 Å². The van der Waals surface area contributed by atoms with Crippen molar-refractivity contribution in [1.82, 2.24) is 14.9 Å². The molecule has 0 fully saturated rings. The molecular weight excluding hydrogens is 328 g/mol. The van der Waals surface area contributed by atoms with Gasteiger partial charge in [-0.1, -0.05) is 18.2 Å². The molecule has 0 saturated carbocycles. The van der Waals surface area contributed by atoms with Crippen molar-refractivity contribution in [2.75, 3.05) is 5.32 Å². The molecule has 26 heavy (non-hydrogen) atoms. The molecule has 1 heterocycles. The highest BCUT2D eigenvalue weighted by Gasteiger charge is 2.11. The van der Waals surface area contributed by atoms with Gasteiger partial charge in [-0.05, 0) is 43.3 Å². The first-order chi connectivity index (χ1) is 12.6. The summed E-state index contributed by atoms with van der Waals surface area (Å²) in [5, 5.41) is 5.76. The van der Waals surface area contributed by atoms with Crippen LogP contribution < -0.4 is 10.6 Å². The number of benzene rings is 2. The van der Waals surface area contributed by atoms with Gasteiger partial charge in [0, 0.05) is 41.8 Å². The average molecular weight is 348 g/mol. The highest BCUT2D eigenvalue weighted by molar-refractivity contribution is 6.04. The van der Waals surface area contributed by atoms with Crippen LogP contribution in [0.5, 0.6) is 0 Å². The summed E-state index contributed by atoms with van der Waals surface area (Å²) < 4.78 is 1.91. The van der Waals surface area contributed by atoms with Gasteiger partial charge in [0.25, 0.3) is 11.8 Å². The van der Waals surface area contributed by atoms with E-state index in [0.717, 1.165) is 0 Å². The van der Waals surface area contributed by atoms with Crippen LogP contribution in [-0.2, 0) is 6.54 Å². The molecule has 2 amide bonds. The van der Waals surface area contributed by atoms with Gasteiger partial charge in [0.2, 0.25) is 0 Å². The molecule has 0 saturated heterocycles. The molecule has 0 spiro atoms. The molecule has 2 N–H and O–H groups in total. The van der Waals surface area contributed by atoms with E-state index in [9.17, 15) is 9.59 Å². The Morgan fingerprint density at radius 1 is 1.00 bits per heavy atom.